The second-order valence-corrected chi connectivity index (χ2v) is 10.0. The average molecular weight is 410 g/mol. The fourth-order valence-electron chi connectivity index (χ4n) is 6.29. The summed E-state index contributed by atoms with van der Waals surface area (Å²) in [6.07, 6.45) is 8.65. The largest absolute Gasteiger partial charge is 0.393 e. The second kappa shape index (κ2) is 9.63. The number of nitrogens with zero attached hydrogens (tertiary/aromatic N) is 1. The average Bonchev–Trinajstić information content (AvgIpc) is 3.15. The second-order valence-electron chi connectivity index (χ2n) is 10.0. The summed E-state index contributed by atoms with van der Waals surface area (Å²) in [7, 11) is 1.78. The first-order chi connectivity index (χ1) is 14.0. The van der Waals surface area contributed by atoms with Gasteiger partial charge >= 0.3 is 0 Å². The summed E-state index contributed by atoms with van der Waals surface area (Å²) in [6.45, 7) is 2.21. The number of carbonyl (C=O) groups is 1. The first-order valence-electron chi connectivity index (χ1n) is 11.8. The number of hydrogen-bond donors (Lipinski definition) is 2. The zero-order valence-corrected chi connectivity index (χ0v) is 17.9. The van der Waals surface area contributed by atoms with E-state index in [4.69, 9.17) is 9.47 Å². The SMILES string of the molecule is COC1CCC2CN(C(=O)C3C(O)CC(O)CC3OCC3CCCCC3)CC2C1. The van der Waals surface area contributed by atoms with Gasteiger partial charge in [-0.05, 0) is 49.9 Å². The standard InChI is InChI=1S/C23H39NO5/c1-28-19-8-7-16-12-24(13-17(16)9-19)23(27)22-20(26)10-18(25)11-21(22)29-14-15-5-3-2-4-6-15/h15-22,25-26H,2-14H2,1H3. The molecule has 0 aromatic heterocycles. The molecule has 0 spiro atoms. The molecular formula is C23H39NO5. The van der Waals surface area contributed by atoms with Gasteiger partial charge in [0, 0.05) is 39.6 Å². The predicted molar refractivity (Wildman–Crippen MR) is 109 cm³/mol. The van der Waals surface area contributed by atoms with Crippen molar-refractivity contribution in [2.45, 2.75) is 88.6 Å². The van der Waals surface area contributed by atoms with Crippen LogP contribution < -0.4 is 0 Å². The summed E-state index contributed by atoms with van der Waals surface area (Å²) in [4.78, 5) is 15.4. The van der Waals surface area contributed by atoms with Crippen LogP contribution in [0.15, 0.2) is 0 Å². The molecule has 0 aromatic rings. The van der Waals surface area contributed by atoms with Gasteiger partial charge < -0.3 is 24.6 Å². The van der Waals surface area contributed by atoms with Crippen molar-refractivity contribution in [1.29, 1.82) is 0 Å². The third-order valence-electron chi connectivity index (χ3n) is 8.04. The van der Waals surface area contributed by atoms with Crippen LogP contribution in [0.4, 0.5) is 0 Å². The molecule has 0 bridgehead atoms. The number of methoxy groups -OCH3 is 1. The van der Waals surface area contributed by atoms with E-state index in [1.165, 1.54) is 32.1 Å². The molecule has 1 aliphatic heterocycles. The summed E-state index contributed by atoms with van der Waals surface area (Å²) in [5.74, 6) is 1.10. The van der Waals surface area contributed by atoms with Gasteiger partial charge in [0.1, 0.15) is 0 Å². The summed E-state index contributed by atoms with van der Waals surface area (Å²) < 4.78 is 11.8. The quantitative estimate of drug-likeness (QED) is 0.729. The fraction of sp³-hybridized carbons (Fsp3) is 0.957. The van der Waals surface area contributed by atoms with Gasteiger partial charge in [0.25, 0.3) is 0 Å². The van der Waals surface area contributed by atoms with Crippen molar-refractivity contribution >= 4 is 5.91 Å². The lowest BCUT2D eigenvalue weighted by atomic mass is 9.80. The number of carbonyl (C=O) groups excluding carboxylic acids is 1. The van der Waals surface area contributed by atoms with Crippen molar-refractivity contribution in [3.05, 3.63) is 0 Å². The topological polar surface area (TPSA) is 79.2 Å². The summed E-state index contributed by atoms with van der Waals surface area (Å²) in [5, 5.41) is 20.9. The van der Waals surface area contributed by atoms with E-state index in [1.807, 2.05) is 4.90 Å². The minimum absolute atomic E-state index is 0.0291. The molecule has 166 valence electrons. The Labute approximate surface area is 174 Å². The highest BCUT2D eigenvalue weighted by atomic mass is 16.5. The van der Waals surface area contributed by atoms with Crippen LogP contribution in [0.1, 0.15) is 64.2 Å². The summed E-state index contributed by atoms with van der Waals surface area (Å²) in [5.41, 5.74) is 0. The molecule has 0 radical (unpaired) electrons. The Morgan fingerprint density at radius 1 is 0.966 bits per heavy atom. The van der Waals surface area contributed by atoms with Gasteiger partial charge in [0.2, 0.25) is 5.91 Å². The monoisotopic (exact) mass is 409 g/mol. The van der Waals surface area contributed by atoms with Crippen LogP contribution in [0.2, 0.25) is 0 Å². The Morgan fingerprint density at radius 3 is 2.48 bits per heavy atom. The predicted octanol–water partition coefficient (Wildman–Crippen LogP) is 2.36. The normalized spacial score (nSPS) is 41.3. The van der Waals surface area contributed by atoms with Crippen LogP contribution in [0.3, 0.4) is 0 Å². The first kappa shape index (κ1) is 21.5. The lowest BCUT2D eigenvalue weighted by Crippen LogP contribution is -2.52. The lowest BCUT2D eigenvalue weighted by Gasteiger charge is -2.39. The maximum absolute atomic E-state index is 13.4. The number of aliphatic hydroxyl groups excluding tert-OH is 2. The van der Waals surface area contributed by atoms with Crippen molar-refractivity contribution in [3.8, 4) is 0 Å². The molecule has 7 atom stereocenters. The maximum Gasteiger partial charge on any atom is 0.230 e. The van der Waals surface area contributed by atoms with Crippen LogP contribution >= 0.6 is 0 Å². The van der Waals surface area contributed by atoms with E-state index in [1.54, 1.807) is 7.11 Å². The Balaban J connectivity index is 1.39. The van der Waals surface area contributed by atoms with Crippen LogP contribution in [0.5, 0.6) is 0 Å². The van der Waals surface area contributed by atoms with Crippen LogP contribution in [0, 0.1) is 23.7 Å². The molecule has 2 N–H and O–H groups in total. The number of likely N-dealkylation sites (tertiary alicyclic amines) is 1. The maximum atomic E-state index is 13.4. The molecule has 4 rings (SSSR count). The fourth-order valence-corrected chi connectivity index (χ4v) is 6.29. The van der Waals surface area contributed by atoms with E-state index < -0.39 is 18.1 Å². The van der Waals surface area contributed by atoms with E-state index >= 15 is 0 Å². The Kier molecular flexibility index (Phi) is 7.15. The van der Waals surface area contributed by atoms with Gasteiger partial charge in [-0.1, -0.05) is 19.3 Å². The van der Waals surface area contributed by atoms with E-state index in [0.29, 0.717) is 36.9 Å². The van der Waals surface area contributed by atoms with Crippen molar-refractivity contribution in [2.75, 3.05) is 26.8 Å². The third-order valence-corrected chi connectivity index (χ3v) is 8.04. The van der Waals surface area contributed by atoms with E-state index in [9.17, 15) is 15.0 Å². The number of rotatable bonds is 5. The van der Waals surface area contributed by atoms with E-state index in [0.717, 1.165) is 32.4 Å². The van der Waals surface area contributed by atoms with Gasteiger partial charge in [0.15, 0.2) is 0 Å². The molecule has 1 saturated heterocycles. The van der Waals surface area contributed by atoms with Gasteiger partial charge in [-0.25, -0.2) is 0 Å². The van der Waals surface area contributed by atoms with E-state index in [-0.39, 0.29) is 18.4 Å². The number of hydrogen-bond acceptors (Lipinski definition) is 5. The molecule has 3 aliphatic carbocycles. The molecule has 7 unspecified atom stereocenters. The Morgan fingerprint density at radius 2 is 1.72 bits per heavy atom. The molecule has 6 heteroatoms. The molecular weight excluding hydrogens is 370 g/mol. The highest BCUT2D eigenvalue weighted by Crippen LogP contribution is 2.39. The zero-order valence-electron chi connectivity index (χ0n) is 17.9. The molecule has 3 saturated carbocycles. The smallest absolute Gasteiger partial charge is 0.230 e. The van der Waals surface area contributed by atoms with Crippen molar-refractivity contribution in [3.63, 3.8) is 0 Å². The van der Waals surface area contributed by atoms with Gasteiger partial charge in [0.05, 0.1) is 30.3 Å². The number of amides is 1. The van der Waals surface area contributed by atoms with E-state index in [2.05, 4.69) is 0 Å². The minimum atomic E-state index is -0.822. The Bertz CT molecular complexity index is 551. The first-order valence-corrected chi connectivity index (χ1v) is 11.8. The molecule has 4 fully saturated rings. The van der Waals surface area contributed by atoms with Crippen LogP contribution in [-0.2, 0) is 14.3 Å². The number of ether oxygens (including phenoxy) is 2. The third kappa shape index (κ3) is 4.97. The van der Waals surface area contributed by atoms with Gasteiger partial charge in [-0.3, -0.25) is 4.79 Å². The molecule has 6 nitrogen and oxygen atoms in total. The number of fused-ring (bicyclic) bond motifs is 1. The molecule has 0 aromatic carbocycles. The van der Waals surface area contributed by atoms with Crippen molar-refractivity contribution in [2.24, 2.45) is 23.7 Å². The van der Waals surface area contributed by atoms with Gasteiger partial charge in [-0.2, -0.15) is 0 Å². The molecule has 1 heterocycles. The zero-order chi connectivity index (χ0) is 20.4. The highest BCUT2D eigenvalue weighted by molar-refractivity contribution is 5.80. The van der Waals surface area contributed by atoms with Crippen LogP contribution in [0.25, 0.3) is 0 Å². The summed E-state index contributed by atoms with van der Waals surface area (Å²) >= 11 is 0. The minimum Gasteiger partial charge on any atom is -0.393 e. The molecule has 4 aliphatic rings. The summed E-state index contributed by atoms with van der Waals surface area (Å²) in [6, 6.07) is 0. The Hall–Kier alpha value is -0.690. The van der Waals surface area contributed by atoms with Crippen molar-refractivity contribution in [1.82, 2.24) is 4.90 Å². The lowest BCUT2D eigenvalue weighted by molar-refractivity contribution is -0.158. The molecule has 29 heavy (non-hydrogen) atoms. The highest BCUT2D eigenvalue weighted by Gasteiger charge is 2.47. The van der Waals surface area contributed by atoms with Crippen LogP contribution in [-0.4, -0.2) is 72.2 Å². The number of aliphatic hydroxyl groups is 2. The molecule has 1 amide bonds. The van der Waals surface area contributed by atoms with Crippen molar-refractivity contribution < 1.29 is 24.5 Å². The van der Waals surface area contributed by atoms with Gasteiger partial charge in [-0.15, -0.1) is 0 Å².